The van der Waals surface area contributed by atoms with E-state index in [2.05, 4.69) is 19.9 Å². The topological polar surface area (TPSA) is 77.4 Å². The lowest BCUT2D eigenvalue weighted by molar-refractivity contribution is 0.0109. The van der Waals surface area contributed by atoms with Gasteiger partial charge in [0.15, 0.2) is 0 Å². The van der Waals surface area contributed by atoms with Gasteiger partial charge in [-0.3, -0.25) is 0 Å². The third-order valence-corrected chi connectivity index (χ3v) is 11.9. The zero-order valence-corrected chi connectivity index (χ0v) is 38.9. The first kappa shape index (κ1) is 53.3. The van der Waals surface area contributed by atoms with Gasteiger partial charge < -0.3 is 29.2 Å². The minimum atomic E-state index is -0.680. The van der Waals surface area contributed by atoms with E-state index in [1.807, 2.05) is 31.2 Å². The summed E-state index contributed by atoms with van der Waals surface area (Å²) in [6, 6.07) is 9.97. The first-order valence-corrected chi connectivity index (χ1v) is 25.4. The largest absolute Gasteiger partial charge is 0.491 e. The normalized spacial score (nSPS) is 12.7. The zero-order valence-electron chi connectivity index (χ0n) is 38.9. The third-order valence-electron chi connectivity index (χ3n) is 11.9. The Bertz CT molecular complexity index is 1200. The van der Waals surface area contributed by atoms with Gasteiger partial charge in [0, 0.05) is 18.6 Å². The minimum Gasteiger partial charge on any atom is -0.491 e. The van der Waals surface area contributed by atoms with Gasteiger partial charge in [-0.1, -0.05) is 219 Å². The minimum absolute atomic E-state index is 0.183. The molecule has 0 aromatic heterocycles. The second-order valence-electron chi connectivity index (χ2n) is 17.8. The molecule has 2 rings (SSSR count). The van der Waals surface area contributed by atoms with Crippen LogP contribution in [0, 0.1) is 6.92 Å². The molecule has 2 atom stereocenters. The van der Waals surface area contributed by atoms with Crippen molar-refractivity contribution in [3.63, 3.8) is 0 Å². The number of hydrogen-bond donors (Lipinski definition) is 2. The van der Waals surface area contributed by atoms with Crippen LogP contribution in [0.3, 0.4) is 0 Å². The molecule has 0 amide bonds. The summed E-state index contributed by atoms with van der Waals surface area (Å²) in [5.74, 6) is 1.47. The van der Waals surface area contributed by atoms with E-state index in [0.29, 0.717) is 19.0 Å². The van der Waals surface area contributed by atoms with Gasteiger partial charge in [0.2, 0.25) is 0 Å². The Morgan fingerprint density at radius 1 is 0.407 bits per heavy atom. The third kappa shape index (κ3) is 29.9. The molecule has 0 saturated carbocycles. The lowest BCUT2D eigenvalue weighted by Crippen LogP contribution is -2.24. The van der Waals surface area contributed by atoms with Crippen LogP contribution in [0.25, 0.3) is 10.8 Å². The summed E-state index contributed by atoms with van der Waals surface area (Å²) in [4.78, 5) is 0. The molecule has 2 aromatic rings. The summed E-state index contributed by atoms with van der Waals surface area (Å²) in [5, 5.41) is 23.0. The van der Waals surface area contributed by atoms with Crippen LogP contribution < -0.4 is 9.47 Å². The molecular formula is C53H94O6. The second kappa shape index (κ2) is 39.0. The van der Waals surface area contributed by atoms with Crippen molar-refractivity contribution in [2.75, 3.05) is 39.6 Å². The zero-order chi connectivity index (χ0) is 42.3. The van der Waals surface area contributed by atoms with Gasteiger partial charge in [-0.05, 0) is 48.9 Å². The number of hydrogen-bond acceptors (Lipinski definition) is 6. The molecule has 0 bridgehead atoms. The number of aliphatic hydroxyl groups is 2. The molecule has 2 unspecified atom stereocenters. The van der Waals surface area contributed by atoms with Crippen molar-refractivity contribution in [3.8, 4) is 11.5 Å². The highest BCUT2D eigenvalue weighted by atomic mass is 16.5. The van der Waals surface area contributed by atoms with E-state index in [9.17, 15) is 10.2 Å². The predicted molar refractivity (Wildman–Crippen MR) is 252 cm³/mol. The Hall–Kier alpha value is -1.86. The van der Waals surface area contributed by atoms with Crippen molar-refractivity contribution in [2.45, 2.75) is 238 Å². The highest BCUT2D eigenvalue weighted by Gasteiger charge is 2.12. The maximum atomic E-state index is 10.6. The average molecular weight is 827 g/mol. The van der Waals surface area contributed by atoms with E-state index in [1.165, 1.54) is 193 Å². The monoisotopic (exact) mass is 827 g/mol. The van der Waals surface area contributed by atoms with Gasteiger partial charge in [0.1, 0.15) is 36.9 Å². The second-order valence-corrected chi connectivity index (χ2v) is 17.8. The summed E-state index contributed by atoms with van der Waals surface area (Å²) in [6.45, 7) is 8.91. The van der Waals surface area contributed by atoms with E-state index < -0.39 is 12.2 Å². The quantitative estimate of drug-likeness (QED) is 0.0648. The number of rotatable bonds is 44. The molecule has 6 nitrogen and oxygen atoms in total. The van der Waals surface area contributed by atoms with Crippen LogP contribution >= 0.6 is 0 Å². The number of ether oxygens (including phenoxy) is 4. The molecule has 2 N–H and O–H groups in total. The number of aryl methyl sites for hydroxylation is 1. The van der Waals surface area contributed by atoms with Crippen LogP contribution in [0.15, 0.2) is 30.3 Å². The fraction of sp³-hybridized carbons (Fsp3) is 0.811. The molecule has 59 heavy (non-hydrogen) atoms. The van der Waals surface area contributed by atoms with Gasteiger partial charge in [-0.15, -0.1) is 0 Å². The van der Waals surface area contributed by atoms with Crippen molar-refractivity contribution in [3.05, 3.63) is 35.9 Å². The van der Waals surface area contributed by atoms with E-state index in [0.717, 1.165) is 34.9 Å². The van der Waals surface area contributed by atoms with E-state index in [4.69, 9.17) is 18.9 Å². The average Bonchev–Trinajstić information content (AvgIpc) is 3.24. The van der Waals surface area contributed by atoms with Crippen LogP contribution in [0.5, 0.6) is 11.5 Å². The first-order chi connectivity index (χ1) is 29.0. The van der Waals surface area contributed by atoms with E-state index in [1.54, 1.807) is 0 Å². The molecule has 0 fully saturated rings. The van der Waals surface area contributed by atoms with Crippen molar-refractivity contribution in [1.29, 1.82) is 0 Å². The van der Waals surface area contributed by atoms with Crippen molar-refractivity contribution < 1.29 is 29.2 Å². The summed E-state index contributed by atoms with van der Waals surface area (Å²) >= 11 is 0. The highest BCUT2D eigenvalue weighted by molar-refractivity contribution is 5.90. The number of aliphatic hydroxyl groups excluding tert-OH is 2. The number of unbranched alkanes of at least 4 members (excludes halogenated alkanes) is 30. The molecule has 0 heterocycles. The summed E-state index contributed by atoms with van der Waals surface area (Å²) in [6.07, 6.45) is 42.0. The van der Waals surface area contributed by atoms with Crippen LogP contribution in [-0.4, -0.2) is 62.1 Å². The maximum absolute atomic E-state index is 10.6. The fourth-order valence-electron chi connectivity index (χ4n) is 8.08. The molecule has 0 spiro atoms. The van der Waals surface area contributed by atoms with Gasteiger partial charge >= 0.3 is 0 Å². The van der Waals surface area contributed by atoms with E-state index >= 15 is 0 Å². The smallest absolute Gasteiger partial charge is 0.130 e. The van der Waals surface area contributed by atoms with Crippen LogP contribution in [-0.2, 0) is 9.47 Å². The summed E-state index contributed by atoms with van der Waals surface area (Å²) in [7, 11) is 0. The lowest BCUT2D eigenvalue weighted by Gasteiger charge is -2.17. The fourth-order valence-corrected chi connectivity index (χ4v) is 8.08. The molecule has 0 aliphatic heterocycles. The Kier molecular flexibility index (Phi) is 35.2. The maximum Gasteiger partial charge on any atom is 0.130 e. The van der Waals surface area contributed by atoms with Crippen LogP contribution in [0.2, 0.25) is 0 Å². The molecule has 2 aromatic carbocycles. The molecule has 342 valence electrons. The summed E-state index contributed by atoms with van der Waals surface area (Å²) < 4.78 is 23.6. The van der Waals surface area contributed by atoms with Crippen LogP contribution in [0.1, 0.15) is 225 Å². The SMILES string of the molecule is CCCCCCCCCCCCCCCCCCOCC(O)COc1ccc2c(OCC(O)COCCCCCCCCCCCCCCCCCC)c(C)ccc2c1. The van der Waals surface area contributed by atoms with Crippen molar-refractivity contribution in [1.82, 2.24) is 0 Å². The Morgan fingerprint density at radius 2 is 0.763 bits per heavy atom. The number of fused-ring (bicyclic) bond motifs is 1. The first-order valence-electron chi connectivity index (χ1n) is 25.4. The molecule has 0 saturated heterocycles. The van der Waals surface area contributed by atoms with Gasteiger partial charge in [0.05, 0.1) is 13.2 Å². The molecule has 6 heteroatoms. The van der Waals surface area contributed by atoms with Crippen LogP contribution in [0.4, 0.5) is 0 Å². The predicted octanol–water partition coefficient (Wildman–Crippen LogP) is 15.2. The Labute approximate surface area is 364 Å². The molecule has 0 radical (unpaired) electrons. The highest BCUT2D eigenvalue weighted by Crippen LogP contribution is 2.32. The van der Waals surface area contributed by atoms with Gasteiger partial charge in [-0.2, -0.15) is 0 Å². The van der Waals surface area contributed by atoms with Crippen molar-refractivity contribution >= 4 is 10.8 Å². The van der Waals surface area contributed by atoms with Crippen molar-refractivity contribution in [2.24, 2.45) is 0 Å². The Balaban J connectivity index is 1.45. The molecular weight excluding hydrogens is 733 g/mol. The van der Waals surface area contributed by atoms with Gasteiger partial charge in [-0.25, -0.2) is 0 Å². The molecule has 0 aliphatic carbocycles. The van der Waals surface area contributed by atoms with Gasteiger partial charge in [0.25, 0.3) is 0 Å². The lowest BCUT2D eigenvalue weighted by atomic mass is 10.0. The van der Waals surface area contributed by atoms with E-state index in [-0.39, 0.29) is 26.4 Å². The Morgan fingerprint density at radius 3 is 1.15 bits per heavy atom. The number of benzene rings is 2. The molecule has 0 aliphatic rings. The standard InChI is InChI=1S/C53H94O6/c1-4-6-8-10-12-14-16-18-20-22-24-26-28-30-32-34-40-56-43-49(54)45-58-51-38-39-52-48(42-51)37-36-47(3)53(52)59-46-50(55)44-57-41-35-33-31-29-27-25-23-21-19-17-15-13-11-9-7-5-2/h36-39,42,49-50,54-55H,4-35,40-41,43-46H2,1-3H3. The summed E-state index contributed by atoms with van der Waals surface area (Å²) in [5.41, 5.74) is 1.02.